The highest BCUT2D eigenvalue weighted by molar-refractivity contribution is 5.91. The third-order valence-corrected chi connectivity index (χ3v) is 4.58. The van der Waals surface area contributed by atoms with Crippen LogP contribution in [0, 0.1) is 0 Å². The number of esters is 1. The third-order valence-electron chi connectivity index (χ3n) is 4.58. The van der Waals surface area contributed by atoms with E-state index in [0.717, 1.165) is 31.2 Å². The second-order valence-corrected chi connectivity index (χ2v) is 6.96. The zero-order chi connectivity index (χ0) is 19.5. The molecule has 1 saturated heterocycles. The predicted octanol–water partition coefficient (Wildman–Crippen LogP) is 3.23. The number of carbonyl (C=O) groups is 2. The van der Waals surface area contributed by atoms with Crippen LogP contribution in [0.1, 0.15) is 50.5 Å². The van der Waals surface area contributed by atoms with E-state index < -0.39 is 17.5 Å². The van der Waals surface area contributed by atoms with Gasteiger partial charge in [0, 0.05) is 18.4 Å². The van der Waals surface area contributed by atoms with Gasteiger partial charge in [0.15, 0.2) is 5.60 Å². The van der Waals surface area contributed by atoms with Crippen LogP contribution < -0.4 is 0 Å². The maximum Gasteiger partial charge on any atom is 0.334 e. The van der Waals surface area contributed by atoms with Gasteiger partial charge in [0.1, 0.15) is 0 Å². The normalized spacial score (nSPS) is 20.8. The summed E-state index contributed by atoms with van der Waals surface area (Å²) in [6.45, 7) is 0.270. The average Bonchev–Trinajstić information content (AvgIpc) is 2.98. The topological polar surface area (TPSA) is 93.1 Å². The number of cyclic esters (lactones) is 1. The first-order valence-electron chi connectivity index (χ1n) is 9.41. The van der Waals surface area contributed by atoms with Crippen molar-refractivity contribution in [2.45, 2.75) is 57.2 Å². The zero-order valence-electron chi connectivity index (χ0n) is 15.6. The van der Waals surface area contributed by atoms with Gasteiger partial charge in [-0.1, -0.05) is 49.2 Å². The number of rotatable bonds is 12. The molecule has 0 bridgehead atoms. The van der Waals surface area contributed by atoms with Gasteiger partial charge in [-0.15, -0.1) is 0 Å². The van der Waals surface area contributed by atoms with E-state index in [1.54, 1.807) is 0 Å². The van der Waals surface area contributed by atoms with Gasteiger partial charge in [-0.25, -0.2) is 4.79 Å². The second kappa shape index (κ2) is 10.8. The fourth-order valence-corrected chi connectivity index (χ4v) is 3.07. The summed E-state index contributed by atoms with van der Waals surface area (Å²) in [6.07, 6.45) is 6.53. The lowest BCUT2D eigenvalue weighted by molar-refractivity contribution is -0.157. The second-order valence-electron chi connectivity index (χ2n) is 6.96. The van der Waals surface area contributed by atoms with Gasteiger partial charge in [-0.05, 0) is 24.8 Å². The van der Waals surface area contributed by atoms with Crippen LogP contribution >= 0.6 is 0 Å². The van der Waals surface area contributed by atoms with E-state index in [-0.39, 0.29) is 19.6 Å². The van der Waals surface area contributed by atoms with Gasteiger partial charge in [0.25, 0.3) is 0 Å². The van der Waals surface area contributed by atoms with Crippen LogP contribution in [0.2, 0.25) is 0 Å². The van der Waals surface area contributed by atoms with Crippen molar-refractivity contribution >= 4 is 11.9 Å². The molecule has 0 saturated carbocycles. The number of allylic oxidation sites excluding steroid dienone is 1. The van der Waals surface area contributed by atoms with Crippen LogP contribution in [0.15, 0.2) is 42.0 Å². The fourth-order valence-electron chi connectivity index (χ4n) is 3.07. The van der Waals surface area contributed by atoms with Gasteiger partial charge in [-0.3, -0.25) is 4.79 Å². The average molecular weight is 376 g/mol. The zero-order valence-corrected chi connectivity index (χ0v) is 15.6. The molecule has 1 unspecified atom stereocenters. The first-order chi connectivity index (χ1) is 13.0. The molecule has 1 atom stereocenters. The number of carboxylic acids is 1. The molecule has 0 radical (unpaired) electrons. The molecule has 1 aromatic rings. The van der Waals surface area contributed by atoms with Crippen molar-refractivity contribution in [3.05, 3.63) is 47.5 Å². The monoisotopic (exact) mass is 376 g/mol. The molecule has 148 valence electrons. The number of aliphatic carboxylic acids is 1. The minimum absolute atomic E-state index is 0.149. The maximum atomic E-state index is 12.1. The molecule has 2 rings (SSSR count). The molecule has 0 spiro atoms. The molecule has 6 nitrogen and oxygen atoms in total. The Balaban J connectivity index is 1.74. The highest BCUT2D eigenvalue weighted by Gasteiger charge is 2.43. The Labute approximate surface area is 159 Å². The van der Waals surface area contributed by atoms with Crippen LogP contribution in [-0.4, -0.2) is 41.0 Å². The number of hydrogen-bond acceptors (Lipinski definition) is 5. The van der Waals surface area contributed by atoms with E-state index in [2.05, 4.69) is 0 Å². The summed E-state index contributed by atoms with van der Waals surface area (Å²) in [7, 11) is 0. The maximum absolute atomic E-state index is 12.1. The number of carboxylic acid groups (broad SMARTS) is 1. The smallest absolute Gasteiger partial charge is 0.334 e. The highest BCUT2D eigenvalue weighted by Crippen LogP contribution is 2.31. The minimum atomic E-state index is -1.00. The molecule has 0 aromatic heterocycles. The molecule has 1 aliphatic rings. The largest absolute Gasteiger partial charge is 0.481 e. The number of hydrogen-bond donors (Lipinski definition) is 2. The summed E-state index contributed by atoms with van der Waals surface area (Å²) >= 11 is 0. The van der Waals surface area contributed by atoms with Crippen LogP contribution in [0.25, 0.3) is 0 Å². The number of benzene rings is 1. The molecule has 0 aliphatic carbocycles. The number of ether oxygens (including phenoxy) is 2. The number of carbonyl (C=O) groups excluding carboxylic acids is 1. The van der Waals surface area contributed by atoms with Gasteiger partial charge >= 0.3 is 11.9 Å². The van der Waals surface area contributed by atoms with Crippen LogP contribution in [0.4, 0.5) is 0 Å². The van der Waals surface area contributed by atoms with E-state index in [1.165, 1.54) is 0 Å². The standard InChI is InChI=1S/C21H28O6/c22-15-21(16-26-14-17-9-5-4-6-10-17)13-18(20(25)27-21)11-7-2-1-3-8-12-19(23)24/h4-6,9-11,22H,1-3,7-8,12-16H2,(H,23,24)/b18-11+. The van der Waals surface area contributed by atoms with Crippen LogP contribution in [0.3, 0.4) is 0 Å². The van der Waals surface area contributed by atoms with E-state index in [1.807, 2.05) is 36.4 Å². The van der Waals surface area contributed by atoms with E-state index in [9.17, 15) is 14.7 Å². The first kappa shape index (κ1) is 21.1. The minimum Gasteiger partial charge on any atom is -0.481 e. The molecule has 27 heavy (non-hydrogen) atoms. The Bertz CT molecular complexity index is 639. The molecule has 6 heteroatoms. The van der Waals surface area contributed by atoms with Crippen molar-refractivity contribution in [3.63, 3.8) is 0 Å². The lowest BCUT2D eigenvalue weighted by Gasteiger charge is -2.24. The van der Waals surface area contributed by atoms with Crippen molar-refractivity contribution in [1.82, 2.24) is 0 Å². The Morgan fingerprint density at radius 2 is 1.93 bits per heavy atom. The molecule has 1 heterocycles. The summed E-state index contributed by atoms with van der Waals surface area (Å²) in [5.41, 5.74) is 0.602. The lowest BCUT2D eigenvalue weighted by atomic mass is 9.98. The number of aliphatic hydroxyl groups excluding tert-OH is 1. The van der Waals surface area contributed by atoms with Crippen molar-refractivity contribution in [3.8, 4) is 0 Å². The number of aliphatic hydroxyl groups is 1. The van der Waals surface area contributed by atoms with Crippen molar-refractivity contribution < 1.29 is 29.3 Å². The highest BCUT2D eigenvalue weighted by atomic mass is 16.6. The van der Waals surface area contributed by atoms with E-state index in [4.69, 9.17) is 14.6 Å². The Morgan fingerprint density at radius 3 is 2.63 bits per heavy atom. The Kier molecular flexibility index (Phi) is 8.48. The molecular formula is C21H28O6. The SMILES string of the molecule is O=C(O)CCCCCC/C=C1\CC(CO)(COCc2ccccc2)OC1=O. The molecule has 0 amide bonds. The molecular weight excluding hydrogens is 348 g/mol. The van der Waals surface area contributed by atoms with Gasteiger partial charge in [0.05, 0.1) is 19.8 Å². The number of unbranched alkanes of at least 4 members (excludes halogenated alkanes) is 4. The Morgan fingerprint density at radius 1 is 1.19 bits per heavy atom. The summed E-state index contributed by atoms with van der Waals surface area (Å²) < 4.78 is 11.1. The van der Waals surface area contributed by atoms with Crippen LogP contribution in [0.5, 0.6) is 0 Å². The molecule has 1 aliphatic heterocycles. The first-order valence-corrected chi connectivity index (χ1v) is 9.41. The van der Waals surface area contributed by atoms with E-state index >= 15 is 0 Å². The van der Waals surface area contributed by atoms with Gasteiger partial charge in [0.2, 0.25) is 0 Å². The molecule has 1 aromatic carbocycles. The predicted molar refractivity (Wildman–Crippen MR) is 100 cm³/mol. The van der Waals surface area contributed by atoms with Gasteiger partial charge in [-0.2, -0.15) is 0 Å². The van der Waals surface area contributed by atoms with Crippen molar-refractivity contribution in [2.24, 2.45) is 0 Å². The van der Waals surface area contributed by atoms with Crippen LogP contribution in [-0.2, 0) is 25.7 Å². The summed E-state index contributed by atoms with van der Waals surface area (Å²) in [6, 6.07) is 9.69. The van der Waals surface area contributed by atoms with Crippen molar-refractivity contribution in [2.75, 3.05) is 13.2 Å². The van der Waals surface area contributed by atoms with Crippen molar-refractivity contribution in [1.29, 1.82) is 0 Å². The fraction of sp³-hybridized carbons (Fsp3) is 0.524. The summed E-state index contributed by atoms with van der Waals surface area (Å²) in [5.74, 6) is -1.15. The quantitative estimate of drug-likeness (QED) is 0.330. The Hall–Kier alpha value is -2.18. The third kappa shape index (κ3) is 7.15. The van der Waals surface area contributed by atoms with E-state index in [0.29, 0.717) is 25.0 Å². The lowest BCUT2D eigenvalue weighted by Crippen LogP contribution is -2.38. The summed E-state index contributed by atoms with van der Waals surface area (Å²) in [5, 5.41) is 18.3. The molecule has 2 N–H and O–H groups in total. The summed E-state index contributed by atoms with van der Waals surface area (Å²) in [4.78, 5) is 22.6. The van der Waals surface area contributed by atoms with Gasteiger partial charge < -0.3 is 19.7 Å². The molecule has 1 fully saturated rings.